The molecule has 0 aliphatic heterocycles. The summed E-state index contributed by atoms with van der Waals surface area (Å²) in [7, 11) is 1.79. The number of rotatable bonds is 6. The van der Waals surface area contributed by atoms with Crippen LogP contribution in [0.15, 0.2) is 65.3 Å². The van der Waals surface area contributed by atoms with Gasteiger partial charge in [-0.15, -0.1) is 6.42 Å². The lowest BCUT2D eigenvalue weighted by Gasteiger charge is -2.39. The molecule has 28 heavy (non-hydrogen) atoms. The number of hydrogen-bond donors (Lipinski definition) is 1. The Kier molecular flexibility index (Phi) is 14.4. The van der Waals surface area contributed by atoms with E-state index in [1.807, 2.05) is 65.1 Å². The van der Waals surface area contributed by atoms with Crippen LogP contribution >= 0.6 is 0 Å². The highest BCUT2D eigenvalue weighted by Crippen LogP contribution is 2.30. The minimum Gasteiger partial charge on any atom is -0.379 e. The minimum atomic E-state index is -0.216. The standard InChI is InChI=1S/C15H26N2.C9H8.C2H6/c1-9-14(10-16-8)15(7,17-12(4)5)13(6)11(2)3;1-3-9-6-4-5-8(2)7-9;1-2/h9-10,13,17H,2,4H2,1,3,5-8H3;1,4-7H,2H3;1-2H3/b14-9+,16-10?;;/t13?,15-;;/m0../s1. The molecule has 0 heterocycles. The average Bonchev–Trinajstić information content (AvgIpc) is 2.66. The van der Waals surface area contributed by atoms with E-state index >= 15 is 0 Å². The molecule has 0 aromatic heterocycles. The number of aryl methyl sites for hydroxylation is 1. The second-order valence-electron chi connectivity index (χ2n) is 6.82. The maximum absolute atomic E-state index is 5.17. The van der Waals surface area contributed by atoms with Crippen molar-refractivity contribution in [3.8, 4) is 12.3 Å². The fourth-order valence-corrected chi connectivity index (χ4v) is 2.75. The molecule has 0 bridgehead atoms. The van der Waals surface area contributed by atoms with Crippen LogP contribution in [0.3, 0.4) is 0 Å². The molecule has 2 nitrogen and oxygen atoms in total. The molecule has 0 fully saturated rings. The largest absolute Gasteiger partial charge is 0.379 e. The first kappa shape index (κ1) is 27.7. The van der Waals surface area contributed by atoms with Crippen molar-refractivity contribution in [1.29, 1.82) is 0 Å². The normalized spacial score (nSPS) is 13.6. The average molecular weight is 381 g/mol. The van der Waals surface area contributed by atoms with Gasteiger partial charge in [-0.25, -0.2) is 0 Å². The summed E-state index contributed by atoms with van der Waals surface area (Å²) in [5.41, 5.74) is 5.19. The van der Waals surface area contributed by atoms with E-state index in [-0.39, 0.29) is 5.54 Å². The van der Waals surface area contributed by atoms with E-state index in [1.165, 1.54) is 5.56 Å². The van der Waals surface area contributed by atoms with Crippen molar-refractivity contribution in [2.75, 3.05) is 7.05 Å². The zero-order valence-corrected chi connectivity index (χ0v) is 19.5. The van der Waals surface area contributed by atoms with Crippen LogP contribution in [0.25, 0.3) is 0 Å². The number of aliphatic imine (C=N–C) groups is 1. The molecule has 0 saturated heterocycles. The second kappa shape index (κ2) is 14.5. The quantitative estimate of drug-likeness (QED) is 0.330. The number of terminal acetylenes is 1. The monoisotopic (exact) mass is 380 g/mol. The van der Waals surface area contributed by atoms with Gasteiger partial charge >= 0.3 is 0 Å². The van der Waals surface area contributed by atoms with E-state index in [4.69, 9.17) is 6.42 Å². The fourth-order valence-electron chi connectivity index (χ4n) is 2.75. The van der Waals surface area contributed by atoms with Crippen molar-refractivity contribution >= 4 is 6.21 Å². The predicted molar refractivity (Wildman–Crippen MR) is 129 cm³/mol. The van der Waals surface area contributed by atoms with E-state index in [9.17, 15) is 0 Å². The lowest BCUT2D eigenvalue weighted by molar-refractivity contribution is 0.364. The summed E-state index contributed by atoms with van der Waals surface area (Å²) in [6, 6.07) is 7.90. The molecule has 0 spiro atoms. The molecule has 1 N–H and O–H groups in total. The first-order valence-corrected chi connectivity index (χ1v) is 9.83. The van der Waals surface area contributed by atoms with Gasteiger partial charge in [-0.1, -0.05) is 63.6 Å². The van der Waals surface area contributed by atoms with E-state index in [0.29, 0.717) is 5.92 Å². The summed E-state index contributed by atoms with van der Waals surface area (Å²) < 4.78 is 0. The number of nitrogens with one attached hydrogen (secondary N) is 1. The van der Waals surface area contributed by atoms with Gasteiger partial charge in [0, 0.05) is 30.4 Å². The Labute approximate surface area is 174 Å². The Morgan fingerprint density at radius 1 is 1.29 bits per heavy atom. The molecule has 0 aliphatic carbocycles. The van der Waals surface area contributed by atoms with Crippen LogP contribution in [0, 0.1) is 25.2 Å². The lowest BCUT2D eigenvalue weighted by atomic mass is 9.77. The van der Waals surface area contributed by atoms with Gasteiger partial charge in [-0.2, -0.15) is 0 Å². The molecule has 1 aromatic carbocycles. The SMILES string of the molecule is C#Cc1cccc(C)c1.C=C(C)N[C@](C)(/C(C=NC)=C/C)C(C)C(=C)C.CC. The third-order valence-electron chi connectivity index (χ3n) is 4.44. The second-order valence-corrected chi connectivity index (χ2v) is 6.82. The molecule has 1 unspecified atom stereocenters. The topological polar surface area (TPSA) is 24.4 Å². The smallest absolute Gasteiger partial charge is 0.0667 e. The summed E-state index contributed by atoms with van der Waals surface area (Å²) in [6.07, 6.45) is 9.15. The molecule has 0 saturated carbocycles. The third kappa shape index (κ3) is 9.42. The molecular formula is C26H40N2. The Balaban J connectivity index is 0. The summed E-state index contributed by atoms with van der Waals surface area (Å²) in [5, 5.41) is 3.46. The highest BCUT2D eigenvalue weighted by Gasteiger charge is 2.34. The van der Waals surface area contributed by atoms with Gasteiger partial charge in [0.15, 0.2) is 0 Å². The highest BCUT2D eigenvalue weighted by molar-refractivity contribution is 5.81. The minimum absolute atomic E-state index is 0.216. The molecule has 0 radical (unpaired) electrons. The Morgan fingerprint density at radius 3 is 2.18 bits per heavy atom. The van der Waals surface area contributed by atoms with Crippen LogP contribution in [-0.2, 0) is 0 Å². The molecule has 0 amide bonds. The van der Waals surface area contributed by atoms with Crippen molar-refractivity contribution in [1.82, 2.24) is 5.32 Å². The summed E-state index contributed by atoms with van der Waals surface area (Å²) in [4.78, 5) is 4.13. The van der Waals surface area contributed by atoms with Crippen molar-refractivity contribution < 1.29 is 0 Å². The number of benzene rings is 1. The first-order chi connectivity index (χ1) is 13.1. The molecule has 154 valence electrons. The van der Waals surface area contributed by atoms with Crippen molar-refractivity contribution in [2.45, 2.75) is 60.9 Å². The van der Waals surface area contributed by atoms with Gasteiger partial charge in [0.05, 0.1) is 5.54 Å². The van der Waals surface area contributed by atoms with E-state index < -0.39 is 0 Å². The number of nitrogens with zero attached hydrogens (tertiary/aromatic N) is 1. The molecule has 2 atom stereocenters. The molecule has 1 aromatic rings. The fraction of sp³-hybridized carbons (Fsp3) is 0.423. The highest BCUT2D eigenvalue weighted by atomic mass is 15.0. The van der Waals surface area contributed by atoms with Crippen LogP contribution in [0.1, 0.15) is 59.6 Å². The van der Waals surface area contributed by atoms with Crippen LogP contribution in [0.2, 0.25) is 0 Å². The molecule has 2 heteroatoms. The van der Waals surface area contributed by atoms with Gasteiger partial charge < -0.3 is 5.32 Å². The van der Waals surface area contributed by atoms with Gasteiger partial charge in [-0.05, 0) is 57.9 Å². The molecule has 1 rings (SSSR count). The Hall–Kier alpha value is -2.53. The van der Waals surface area contributed by atoms with Crippen molar-refractivity contribution in [3.05, 3.63) is 71.5 Å². The number of allylic oxidation sites excluding steroid dienone is 2. The van der Waals surface area contributed by atoms with Crippen LogP contribution in [0.5, 0.6) is 0 Å². The van der Waals surface area contributed by atoms with Gasteiger partial charge in [-0.3, -0.25) is 4.99 Å². The maximum atomic E-state index is 5.17. The van der Waals surface area contributed by atoms with Gasteiger partial charge in [0.25, 0.3) is 0 Å². The van der Waals surface area contributed by atoms with Gasteiger partial charge in [0.1, 0.15) is 0 Å². The summed E-state index contributed by atoms with van der Waals surface area (Å²) in [5.74, 6) is 2.86. The van der Waals surface area contributed by atoms with Crippen molar-refractivity contribution in [2.24, 2.45) is 10.9 Å². The lowest BCUT2D eigenvalue weighted by Crippen LogP contribution is -2.49. The third-order valence-corrected chi connectivity index (χ3v) is 4.44. The van der Waals surface area contributed by atoms with Crippen LogP contribution < -0.4 is 5.32 Å². The molecule has 0 aliphatic rings. The number of hydrogen-bond acceptors (Lipinski definition) is 2. The van der Waals surface area contributed by atoms with Crippen molar-refractivity contribution in [3.63, 3.8) is 0 Å². The van der Waals surface area contributed by atoms with Crippen LogP contribution in [0.4, 0.5) is 0 Å². The zero-order valence-electron chi connectivity index (χ0n) is 19.5. The summed E-state index contributed by atoms with van der Waals surface area (Å²) >= 11 is 0. The van der Waals surface area contributed by atoms with E-state index in [1.54, 1.807) is 7.05 Å². The van der Waals surface area contributed by atoms with E-state index in [2.05, 4.69) is 56.2 Å². The molecular weight excluding hydrogens is 340 g/mol. The zero-order chi connectivity index (χ0) is 22.3. The van der Waals surface area contributed by atoms with Gasteiger partial charge in [0.2, 0.25) is 0 Å². The van der Waals surface area contributed by atoms with Crippen LogP contribution in [-0.4, -0.2) is 18.8 Å². The predicted octanol–water partition coefficient (Wildman–Crippen LogP) is 6.73. The van der Waals surface area contributed by atoms with E-state index in [0.717, 1.165) is 22.4 Å². The summed E-state index contributed by atoms with van der Waals surface area (Å²) in [6.45, 7) is 24.4. The maximum Gasteiger partial charge on any atom is 0.0667 e. The Bertz CT molecular complexity index is 716. The Morgan fingerprint density at radius 2 is 1.86 bits per heavy atom. The first-order valence-electron chi connectivity index (χ1n) is 9.83.